The lowest BCUT2D eigenvalue weighted by atomic mass is 10.00. The van der Waals surface area contributed by atoms with Crippen LogP contribution in [0, 0.1) is 0 Å². The van der Waals surface area contributed by atoms with Crippen LogP contribution in [0.3, 0.4) is 0 Å². The highest BCUT2D eigenvalue weighted by atomic mass is 35.5. The van der Waals surface area contributed by atoms with Crippen molar-refractivity contribution in [2.75, 3.05) is 0 Å². The van der Waals surface area contributed by atoms with E-state index in [-0.39, 0.29) is 5.78 Å². The third kappa shape index (κ3) is 4.83. The van der Waals surface area contributed by atoms with Gasteiger partial charge in [0.05, 0.1) is 5.56 Å². The first kappa shape index (κ1) is 18.9. The Bertz CT molecular complexity index is 933. The van der Waals surface area contributed by atoms with Gasteiger partial charge in [0, 0.05) is 10.6 Å². The summed E-state index contributed by atoms with van der Waals surface area (Å²) >= 11 is 5.85. The van der Waals surface area contributed by atoms with Crippen molar-refractivity contribution in [2.45, 2.75) is 19.4 Å². The lowest BCUT2D eigenvalue weighted by molar-refractivity contribution is 0.0318. The van der Waals surface area contributed by atoms with Gasteiger partial charge in [0.15, 0.2) is 6.10 Å². The van der Waals surface area contributed by atoms with Crippen LogP contribution in [0.5, 0.6) is 0 Å². The van der Waals surface area contributed by atoms with Crippen LogP contribution in [0.15, 0.2) is 78.9 Å². The summed E-state index contributed by atoms with van der Waals surface area (Å²) in [5.41, 5.74) is 2.89. The van der Waals surface area contributed by atoms with Gasteiger partial charge in [-0.05, 0) is 54.8 Å². The molecule has 0 amide bonds. The number of ketones is 1. The summed E-state index contributed by atoms with van der Waals surface area (Å²) in [4.78, 5) is 25.1. The summed E-state index contributed by atoms with van der Waals surface area (Å²) in [6, 6.07) is 23.7. The van der Waals surface area contributed by atoms with E-state index in [0.717, 1.165) is 11.1 Å². The van der Waals surface area contributed by atoms with Crippen LogP contribution in [0.25, 0.3) is 0 Å². The molecule has 136 valence electrons. The summed E-state index contributed by atoms with van der Waals surface area (Å²) in [7, 11) is 0. The third-order valence-corrected chi connectivity index (χ3v) is 4.51. The smallest absolute Gasteiger partial charge is 0.339 e. The highest BCUT2D eigenvalue weighted by Crippen LogP contribution is 2.18. The van der Waals surface area contributed by atoms with Gasteiger partial charge in [0.25, 0.3) is 0 Å². The van der Waals surface area contributed by atoms with E-state index < -0.39 is 12.1 Å². The van der Waals surface area contributed by atoms with E-state index in [2.05, 4.69) is 0 Å². The monoisotopic (exact) mass is 378 g/mol. The Balaban J connectivity index is 1.74. The van der Waals surface area contributed by atoms with E-state index in [1.54, 1.807) is 43.3 Å². The molecule has 3 aromatic carbocycles. The molecule has 0 aliphatic rings. The van der Waals surface area contributed by atoms with Crippen LogP contribution in [-0.2, 0) is 11.2 Å². The molecule has 3 aromatic rings. The van der Waals surface area contributed by atoms with E-state index in [1.807, 2.05) is 42.5 Å². The van der Waals surface area contributed by atoms with Crippen LogP contribution in [0.4, 0.5) is 0 Å². The molecule has 0 fully saturated rings. The number of carbonyl (C=O) groups is 2. The second-order valence-electron chi connectivity index (χ2n) is 6.24. The van der Waals surface area contributed by atoms with Gasteiger partial charge in [-0.3, -0.25) is 4.79 Å². The van der Waals surface area contributed by atoms with Gasteiger partial charge in [-0.25, -0.2) is 4.79 Å². The van der Waals surface area contributed by atoms with E-state index in [4.69, 9.17) is 16.3 Å². The van der Waals surface area contributed by atoms with Gasteiger partial charge in [-0.15, -0.1) is 0 Å². The molecule has 0 saturated heterocycles. The van der Waals surface area contributed by atoms with Crippen molar-refractivity contribution in [3.63, 3.8) is 0 Å². The minimum Gasteiger partial charge on any atom is -0.451 e. The molecule has 0 bridgehead atoms. The number of benzene rings is 3. The van der Waals surface area contributed by atoms with Crippen LogP contribution in [-0.4, -0.2) is 17.9 Å². The first-order chi connectivity index (χ1) is 13.0. The highest BCUT2D eigenvalue weighted by Gasteiger charge is 2.21. The largest absolute Gasteiger partial charge is 0.451 e. The zero-order valence-corrected chi connectivity index (χ0v) is 15.6. The molecule has 27 heavy (non-hydrogen) atoms. The quantitative estimate of drug-likeness (QED) is 0.428. The zero-order chi connectivity index (χ0) is 19.2. The minimum atomic E-state index is -0.886. The third-order valence-electron chi connectivity index (χ3n) is 4.26. The summed E-state index contributed by atoms with van der Waals surface area (Å²) in [5, 5.41) is 0.547. The average molecular weight is 379 g/mol. The first-order valence-corrected chi connectivity index (χ1v) is 9.05. The maximum Gasteiger partial charge on any atom is 0.339 e. The minimum absolute atomic E-state index is 0.263. The second kappa shape index (κ2) is 8.65. The topological polar surface area (TPSA) is 43.4 Å². The Labute approximate surface area is 163 Å². The molecule has 4 heteroatoms. The van der Waals surface area contributed by atoms with E-state index in [9.17, 15) is 9.59 Å². The average Bonchev–Trinajstić information content (AvgIpc) is 2.69. The Morgan fingerprint density at radius 2 is 1.52 bits per heavy atom. The van der Waals surface area contributed by atoms with Crippen LogP contribution in [0.2, 0.25) is 5.02 Å². The fraction of sp³-hybridized carbons (Fsp3) is 0.130. The van der Waals surface area contributed by atoms with Gasteiger partial charge >= 0.3 is 5.97 Å². The van der Waals surface area contributed by atoms with Crippen molar-refractivity contribution in [3.8, 4) is 0 Å². The number of hydrogen-bond donors (Lipinski definition) is 0. The second-order valence-corrected chi connectivity index (χ2v) is 6.67. The van der Waals surface area contributed by atoms with Crippen LogP contribution >= 0.6 is 11.6 Å². The summed E-state index contributed by atoms with van der Waals surface area (Å²) in [6.07, 6.45) is -0.269. The highest BCUT2D eigenvalue weighted by molar-refractivity contribution is 6.30. The van der Waals surface area contributed by atoms with E-state index in [0.29, 0.717) is 22.6 Å². The molecule has 3 rings (SSSR count). The van der Waals surface area contributed by atoms with Crippen LogP contribution < -0.4 is 0 Å². The Kier molecular flexibility index (Phi) is 6.05. The predicted octanol–water partition coefficient (Wildman–Crippen LogP) is 5.36. The normalized spacial score (nSPS) is 11.6. The maximum absolute atomic E-state index is 12.7. The molecule has 3 nitrogen and oxygen atoms in total. The molecule has 0 heterocycles. The van der Waals surface area contributed by atoms with Gasteiger partial charge in [-0.1, -0.05) is 60.1 Å². The fourth-order valence-electron chi connectivity index (χ4n) is 2.82. The number of Topliss-reactive ketones (excluding diaryl/α,β-unsaturated/α-hetero) is 1. The van der Waals surface area contributed by atoms with E-state index >= 15 is 0 Å². The van der Waals surface area contributed by atoms with Gasteiger partial charge in [0.1, 0.15) is 0 Å². The molecule has 0 N–H and O–H groups in total. The number of carbonyl (C=O) groups excluding carboxylic acids is 2. The zero-order valence-electron chi connectivity index (χ0n) is 14.9. The summed E-state index contributed by atoms with van der Waals surface area (Å²) < 4.78 is 5.44. The number of hydrogen-bond acceptors (Lipinski definition) is 3. The molecule has 0 aromatic heterocycles. The lowest BCUT2D eigenvalue weighted by Crippen LogP contribution is -2.25. The fourth-order valence-corrected chi connectivity index (χ4v) is 2.94. The van der Waals surface area contributed by atoms with Crippen LogP contribution in [0.1, 0.15) is 38.8 Å². The number of rotatable bonds is 6. The molecule has 0 saturated carbocycles. The number of ether oxygens (including phenoxy) is 1. The Hall–Kier alpha value is -2.91. The molecule has 0 unspecified atom stereocenters. The molecule has 1 atom stereocenters. The standard InChI is InChI=1S/C23H19ClO3/c1-16(22(25)18-11-13-20(24)14-12-18)27-23(26)21-10-6-5-9-19(21)15-17-7-3-2-4-8-17/h2-14,16H,15H2,1H3/t16-/m0/s1. The van der Waals surface area contributed by atoms with Crippen molar-refractivity contribution in [1.82, 2.24) is 0 Å². The van der Waals surface area contributed by atoms with Gasteiger partial charge in [0.2, 0.25) is 5.78 Å². The Morgan fingerprint density at radius 1 is 0.889 bits per heavy atom. The predicted molar refractivity (Wildman–Crippen MR) is 106 cm³/mol. The number of esters is 1. The molecular weight excluding hydrogens is 360 g/mol. The summed E-state index contributed by atoms with van der Waals surface area (Å²) in [6.45, 7) is 1.58. The first-order valence-electron chi connectivity index (χ1n) is 8.67. The molecule has 0 radical (unpaired) electrons. The molecular formula is C23H19ClO3. The molecule has 0 aliphatic heterocycles. The van der Waals surface area contributed by atoms with Crippen molar-refractivity contribution < 1.29 is 14.3 Å². The van der Waals surface area contributed by atoms with Crippen molar-refractivity contribution in [1.29, 1.82) is 0 Å². The lowest BCUT2D eigenvalue weighted by Gasteiger charge is -2.14. The van der Waals surface area contributed by atoms with Crippen molar-refractivity contribution >= 4 is 23.4 Å². The summed E-state index contributed by atoms with van der Waals surface area (Å²) in [5.74, 6) is -0.767. The Morgan fingerprint density at radius 3 is 2.22 bits per heavy atom. The number of halogens is 1. The van der Waals surface area contributed by atoms with Gasteiger partial charge in [-0.2, -0.15) is 0 Å². The molecule has 0 spiro atoms. The van der Waals surface area contributed by atoms with E-state index in [1.165, 1.54) is 0 Å². The maximum atomic E-state index is 12.7. The van der Waals surface area contributed by atoms with Gasteiger partial charge < -0.3 is 4.74 Å². The SMILES string of the molecule is C[C@H](OC(=O)c1ccccc1Cc1ccccc1)C(=O)c1ccc(Cl)cc1. The van der Waals surface area contributed by atoms with Crippen molar-refractivity contribution in [2.24, 2.45) is 0 Å². The van der Waals surface area contributed by atoms with Crippen molar-refractivity contribution in [3.05, 3.63) is 106 Å². The molecule has 0 aliphatic carbocycles.